The summed E-state index contributed by atoms with van der Waals surface area (Å²) in [6.45, 7) is 0. The van der Waals surface area contributed by atoms with E-state index >= 15 is 0 Å². The Balaban J connectivity index is 0.000000234. The topological polar surface area (TPSA) is 0 Å². The average Bonchev–Trinajstić information content (AvgIpc) is 3.19. The van der Waals surface area contributed by atoms with Crippen LogP contribution >= 0.6 is 0 Å². The van der Waals surface area contributed by atoms with Crippen molar-refractivity contribution in [3.63, 3.8) is 0 Å². The van der Waals surface area contributed by atoms with E-state index < -0.39 is 0 Å². The summed E-state index contributed by atoms with van der Waals surface area (Å²) in [6, 6.07) is 32.8. The normalized spacial score (nSPS) is 10.1. The summed E-state index contributed by atoms with van der Waals surface area (Å²) < 4.78 is 0. The van der Waals surface area contributed by atoms with Gasteiger partial charge in [0.05, 0.1) is 0 Å². The van der Waals surface area contributed by atoms with Crippen LogP contribution in [0.5, 0.6) is 0 Å². The molecule has 125 valence electrons. The fourth-order valence-electron chi connectivity index (χ4n) is 3.07. The molecular formula is C22H16I2Nb-2. The van der Waals surface area contributed by atoms with Crippen LogP contribution in [0.4, 0.5) is 0 Å². The molecule has 1 radical (unpaired) electrons. The fourth-order valence-corrected chi connectivity index (χ4v) is 3.07. The minimum Gasteiger partial charge on any atom is -1.00 e. The van der Waals surface area contributed by atoms with Crippen molar-refractivity contribution in [3.8, 4) is 11.1 Å². The van der Waals surface area contributed by atoms with Gasteiger partial charge in [0.25, 0.3) is 0 Å². The molecule has 0 amide bonds. The Bertz CT molecular complexity index is 854. The monoisotopic (exact) mass is 627 g/mol. The molecule has 0 spiro atoms. The maximum absolute atomic E-state index is 3.30. The second-order valence-electron chi connectivity index (χ2n) is 5.55. The molecule has 0 saturated heterocycles. The summed E-state index contributed by atoms with van der Waals surface area (Å²) >= 11 is 0. The van der Waals surface area contributed by atoms with Crippen molar-refractivity contribution in [2.24, 2.45) is 0 Å². The van der Waals surface area contributed by atoms with E-state index in [0.29, 0.717) is 0 Å². The summed E-state index contributed by atoms with van der Waals surface area (Å²) in [6.07, 6.45) is 1.05. The van der Waals surface area contributed by atoms with E-state index in [1.165, 1.54) is 33.0 Å². The summed E-state index contributed by atoms with van der Waals surface area (Å²) in [5, 5.41) is 2.66. The molecule has 0 unspecified atom stereocenters. The van der Waals surface area contributed by atoms with Gasteiger partial charge in [0.15, 0.2) is 0 Å². The first-order valence-electron chi connectivity index (χ1n) is 7.60. The van der Waals surface area contributed by atoms with Crippen LogP contribution in [0.25, 0.3) is 21.9 Å². The van der Waals surface area contributed by atoms with Crippen LogP contribution in [0, 0.1) is 6.07 Å². The van der Waals surface area contributed by atoms with Crippen molar-refractivity contribution in [3.05, 3.63) is 102 Å². The van der Waals surface area contributed by atoms with Gasteiger partial charge in [-0.25, -0.2) is 0 Å². The molecule has 0 saturated carbocycles. The van der Waals surface area contributed by atoms with Crippen LogP contribution in [0.3, 0.4) is 0 Å². The minimum absolute atomic E-state index is 0. The van der Waals surface area contributed by atoms with Gasteiger partial charge in [-0.1, -0.05) is 41.5 Å². The molecule has 0 nitrogen and oxygen atoms in total. The van der Waals surface area contributed by atoms with Crippen LogP contribution in [-0.4, -0.2) is 0 Å². The van der Waals surface area contributed by atoms with E-state index in [1.54, 1.807) is 0 Å². The predicted molar refractivity (Wildman–Crippen MR) is 93.1 cm³/mol. The van der Waals surface area contributed by atoms with Crippen LogP contribution in [-0.2, 0) is 28.8 Å². The summed E-state index contributed by atoms with van der Waals surface area (Å²) in [4.78, 5) is 0. The fraction of sp³-hybridized carbons (Fsp3) is 0.0455. The van der Waals surface area contributed by atoms with Crippen LogP contribution in [0.15, 0.2) is 84.9 Å². The van der Waals surface area contributed by atoms with Gasteiger partial charge in [-0.3, -0.25) is 0 Å². The van der Waals surface area contributed by atoms with Crippen molar-refractivity contribution in [2.75, 3.05) is 0 Å². The van der Waals surface area contributed by atoms with Crippen molar-refractivity contribution < 1.29 is 70.3 Å². The zero-order chi connectivity index (χ0) is 14.8. The van der Waals surface area contributed by atoms with Crippen LogP contribution < -0.4 is 48.0 Å². The molecule has 0 N–H and O–H groups in total. The van der Waals surface area contributed by atoms with E-state index in [2.05, 4.69) is 84.9 Å². The first-order chi connectivity index (χ1) is 10.9. The Morgan fingerprint density at radius 3 is 2.32 bits per heavy atom. The molecule has 0 fully saturated rings. The minimum atomic E-state index is 0. The number of rotatable bonds is 0. The van der Waals surface area contributed by atoms with E-state index in [0.717, 1.165) is 6.42 Å². The molecule has 0 heterocycles. The predicted octanol–water partition coefficient (Wildman–Crippen LogP) is -0.378. The number of benzene rings is 3. The summed E-state index contributed by atoms with van der Waals surface area (Å²) in [5.74, 6) is 0. The smallest absolute Gasteiger partial charge is 1.00 e. The molecule has 1 aliphatic carbocycles. The van der Waals surface area contributed by atoms with Crippen molar-refractivity contribution >= 4 is 10.8 Å². The van der Waals surface area contributed by atoms with Gasteiger partial charge >= 0.3 is 22.4 Å². The standard InChI is InChI=1S/C13H9.C9H7.2HI.Nb/c1-3-7-12-10(5-1)9-11-6-2-4-8-13(11)12;1-2-5-9-7-3-6-8(9)4-1;;;/h1-5,7-8H,9H2;1-7H;2*1H;/q2*-1;;;+2/p-2. The van der Waals surface area contributed by atoms with Gasteiger partial charge in [0.1, 0.15) is 0 Å². The van der Waals surface area contributed by atoms with Crippen molar-refractivity contribution in [1.82, 2.24) is 0 Å². The van der Waals surface area contributed by atoms with Crippen LogP contribution in [0.1, 0.15) is 11.1 Å². The van der Waals surface area contributed by atoms with Crippen molar-refractivity contribution in [2.45, 2.75) is 6.42 Å². The van der Waals surface area contributed by atoms with Gasteiger partial charge in [0, 0.05) is 0 Å². The third kappa shape index (κ3) is 5.01. The van der Waals surface area contributed by atoms with Crippen LogP contribution in [0.2, 0.25) is 0 Å². The Kier molecular flexibility index (Phi) is 9.53. The molecule has 0 aromatic heterocycles. The van der Waals surface area contributed by atoms with Gasteiger partial charge < -0.3 is 48.0 Å². The maximum Gasteiger partial charge on any atom is 2.00 e. The number of hydrogen-bond acceptors (Lipinski definition) is 0. The Morgan fingerprint density at radius 1 is 0.760 bits per heavy atom. The Morgan fingerprint density at radius 2 is 1.48 bits per heavy atom. The Hall–Kier alpha value is -0.530. The quantitative estimate of drug-likeness (QED) is 0.125. The SMILES string of the molecule is [I-].[I-].[Nb+2].[c-]1cccc2c1Cc1ccccc1-2.c1ccc2[cH-]ccc2c1. The Labute approximate surface area is 199 Å². The zero-order valence-corrected chi connectivity index (χ0v) is 20.0. The zero-order valence-electron chi connectivity index (χ0n) is 13.5. The molecule has 3 heteroatoms. The molecule has 4 aromatic rings. The third-order valence-electron chi connectivity index (χ3n) is 4.16. The van der Waals surface area contributed by atoms with E-state index in [1.807, 2.05) is 6.07 Å². The van der Waals surface area contributed by atoms with Gasteiger partial charge in [0.2, 0.25) is 0 Å². The second-order valence-corrected chi connectivity index (χ2v) is 5.55. The van der Waals surface area contributed by atoms with Gasteiger partial charge in [-0.05, 0) is 6.42 Å². The van der Waals surface area contributed by atoms with E-state index in [4.69, 9.17) is 0 Å². The van der Waals surface area contributed by atoms with Gasteiger partial charge in [-0.15, -0.1) is 35.2 Å². The summed E-state index contributed by atoms with van der Waals surface area (Å²) in [5.41, 5.74) is 5.51. The molecule has 0 bridgehead atoms. The third-order valence-corrected chi connectivity index (χ3v) is 4.16. The molecule has 5 rings (SSSR count). The molecule has 25 heavy (non-hydrogen) atoms. The molecule has 4 aromatic carbocycles. The number of hydrogen-bond donors (Lipinski definition) is 0. The summed E-state index contributed by atoms with van der Waals surface area (Å²) in [7, 11) is 0. The second kappa shape index (κ2) is 10.6. The number of halogens is 2. The first-order valence-corrected chi connectivity index (χ1v) is 7.60. The molecule has 0 aliphatic heterocycles. The molecular weight excluding hydrogens is 611 g/mol. The van der Waals surface area contributed by atoms with Crippen molar-refractivity contribution in [1.29, 1.82) is 0 Å². The number of fused-ring (bicyclic) bond motifs is 4. The van der Waals surface area contributed by atoms with E-state index in [9.17, 15) is 0 Å². The average molecular weight is 627 g/mol. The molecule has 1 aliphatic rings. The van der Waals surface area contributed by atoms with Gasteiger partial charge in [-0.2, -0.15) is 47.3 Å². The molecule has 0 atom stereocenters. The largest absolute Gasteiger partial charge is 2.00 e. The van der Waals surface area contributed by atoms with E-state index in [-0.39, 0.29) is 70.3 Å². The maximum atomic E-state index is 3.30. The first kappa shape index (κ1) is 22.5.